The fraction of sp³-hybridized carbons (Fsp3) is 0.286. The molecule has 0 amide bonds. The molecular formula is C14H17N3O. The molecule has 1 aromatic heterocycles. The first-order chi connectivity index (χ1) is 8.54. The van der Waals surface area contributed by atoms with Gasteiger partial charge in [-0.3, -0.25) is 0 Å². The average Bonchev–Trinajstić information content (AvgIpc) is 2.37. The van der Waals surface area contributed by atoms with E-state index in [1.54, 1.807) is 12.4 Å². The van der Waals surface area contributed by atoms with Crippen LogP contribution in [0.3, 0.4) is 0 Å². The Morgan fingerprint density at radius 2 is 1.56 bits per heavy atom. The van der Waals surface area contributed by atoms with Crippen LogP contribution in [-0.2, 0) is 0 Å². The number of benzene rings is 1. The van der Waals surface area contributed by atoms with Gasteiger partial charge >= 0.3 is 0 Å². The average molecular weight is 243 g/mol. The molecule has 4 nitrogen and oxygen atoms in total. The highest BCUT2D eigenvalue weighted by atomic mass is 16.6. The van der Waals surface area contributed by atoms with Crippen LogP contribution in [0.1, 0.15) is 20.8 Å². The summed E-state index contributed by atoms with van der Waals surface area (Å²) in [7, 11) is 0. The van der Waals surface area contributed by atoms with Crippen LogP contribution in [0.5, 0.6) is 5.75 Å². The molecule has 0 radical (unpaired) electrons. The van der Waals surface area contributed by atoms with Crippen LogP contribution in [0, 0.1) is 0 Å². The van der Waals surface area contributed by atoms with E-state index in [9.17, 15) is 0 Å². The molecule has 0 aliphatic rings. The molecule has 0 unspecified atom stereocenters. The van der Waals surface area contributed by atoms with Crippen LogP contribution in [0.15, 0.2) is 43.0 Å². The van der Waals surface area contributed by atoms with Crippen molar-refractivity contribution < 1.29 is 4.84 Å². The first-order valence-corrected chi connectivity index (χ1v) is 5.84. The van der Waals surface area contributed by atoms with Crippen molar-refractivity contribution in [1.82, 2.24) is 15.4 Å². The maximum absolute atomic E-state index is 5.48. The van der Waals surface area contributed by atoms with Crippen molar-refractivity contribution in [2.75, 3.05) is 0 Å². The minimum absolute atomic E-state index is 0.0774. The van der Waals surface area contributed by atoms with Gasteiger partial charge in [-0.05, 0) is 38.5 Å². The highest BCUT2D eigenvalue weighted by Gasteiger charge is 2.09. The van der Waals surface area contributed by atoms with Gasteiger partial charge in [0.2, 0.25) is 0 Å². The molecule has 1 aromatic carbocycles. The molecule has 0 atom stereocenters. The Hall–Kier alpha value is -1.94. The topological polar surface area (TPSA) is 47.0 Å². The zero-order valence-electron chi connectivity index (χ0n) is 10.8. The summed E-state index contributed by atoms with van der Waals surface area (Å²) in [5.74, 6) is 0.783. The quantitative estimate of drug-likeness (QED) is 0.842. The first-order valence-electron chi connectivity index (χ1n) is 5.84. The van der Waals surface area contributed by atoms with E-state index in [0.717, 1.165) is 16.9 Å². The van der Waals surface area contributed by atoms with E-state index >= 15 is 0 Å². The summed E-state index contributed by atoms with van der Waals surface area (Å²) in [6.45, 7) is 6.13. The molecular weight excluding hydrogens is 226 g/mol. The third kappa shape index (κ3) is 3.53. The van der Waals surface area contributed by atoms with Crippen LogP contribution in [-0.4, -0.2) is 15.5 Å². The van der Waals surface area contributed by atoms with Crippen LogP contribution in [0.4, 0.5) is 0 Å². The van der Waals surface area contributed by atoms with E-state index in [4.69, 9.17) is 4.84 Å². The molecule has 0 saturated carbocycles. The molecule has 0 aliphatic heterocycles. The first kappa shape index (κ1) is 12.5. The maximum atomic E-state index is 5.48. The third-order valence-corrected chi connectivity index (χ3v) is 2.22. The molecule has 0 aliphatic carbocycles. The monoisotopic (exact) mass is 243 g/mol. The van der Waals surface area contributed by atoms with Crippen molar-refractivity contribution >= 4 is 0 Å². The number of aromatic nitrogens is 2. The van der Waals surface area contributed by atoms with E-state index in [1.807, 2.05) is 45.0 Å². The Bertz CT molecular complexity index is 489. The lowest BCUT2D eigenvalue weighted by molar-refractivity contribution is 0.119. The lowest BCUT2D eigenvalue weighted by Crippen LogP contribution is -2.38. The second-order valence-corrected chi connectivity index (χ2v) is 5.11. The van der Waals surface area contributed by atoms with E-state index in [0.29, 0.717) is 0 Å². The fourth-order valence-corrected chi connectivity index (χ4v) is 1.38. The summed E-state index contributed by atoms with van der Waals surface area (Å²) in [6, 6.07) is 7.80. The summed E-state index contributed by atoms with van der Waals surface area (Å²) in [4.78, 5) is 13.5. The van der Waals surface area contributed by atoms with Crippen LogP contribution in [0.2, 0.25) is 0 Å². The maximum Gasteiger partial charge on any atom is 0.147 e. The molecule has 18 heavy (non-hydrogen) atoms. The molecule has 4 heteroatoms. The molecule has 94 valence electrons. The van der Waals surface area contributed by atoms with E-state index < -0.39 is 0 Å². The Morgan fingerprint density at radius 3 is 2.11 bits per heavy atom. The van der Waals surface area contributed by atoms with Gasteiger partial charge in [0.1, 0.15) is 12.1 Å². The van der Waals surface area contributed by atoms with Gasteiger partial charge < -0.3 is 4.84 Å². The molecule has 1 N–H and O–H groups in total. The zero-order chi connectivity index (χ0) is 13.0. The van der Waals surface area contributed by atoms with Crippen LogP contribution in [0.25, 0.3) is 11.1 Å². The Balaban J connectivity index is 2.07. The predicted octanol–water partition coefficient (Wildman–Crippen LogP) is 2.83. The summed E-state index contributed by atoms with van der Waals surface area (Å²) in [6.07, 6.45) is 5.10. The third-order valence-electron chi connectivity index (χ3n) is 2.22. The number of hydrogen-bond acceptors (Lipinski definition) is 4. The molecule has 2 rings (SSSR count). The van der Waals surface area contributed by atoms with Crippen molar-refractivity contribution in [3.05, 3.63) is 43.0 Å². The molecule has 0 bridgehead atoms. The Labute approximate surface area is 107 Å². The summed E-state index contributed by atoms with van der Waals surface area (Å²) >= 11 is 0. The van der Waals surface area contributed by atoms with Gasteiger partial charge in [0.25, 0.3) is 0 Å². The number of nitrogens with one attached hydrogen (secondary N) is 1. The van der Waals surface area contributed by atoms with Crippen molar-refractivity contribution in [2.24, 2.45) is 0 Å². The summed E-state index contributed by atoms with van der Waals surface area (Å²) in [5.41, 5.74) is 4.96. The van der Waals surface area contributed by atoms with Gasteiger partial charge in [-0.25, -0.2) is 9.97 Å². The number of hydroxylamine groups is 1. The van der Waals surface area contributed by atoms with Gasteiger partial charge in [-0.2, -0.15) is 5.48 Å². The second-order valence-electron chi connectivity index (χ2n) is 5.11. The van der Waals surface area contributed by atoms with E-state index in [-0.39, 0.29) is 5.54 Å². The highest BCUT2D eigenvalue weighted by Crippen LogP contribution is 2.20. The number of hydrogen-bond donors (Lipinski definition) is 1. The van der Waals surface area contributed by atoms with E-state index in [2.05, 4.69) is 15.4 Å². The van der Waals surface area contributed by atoms with Gasteiger partial charge in [0.05, 0.1) is 0 Å². The highest BCUT2D eigenvalue weighted by molar-refractivity contribution is 5.62. The van der Waals surface area contributed by atoms with Crippen molar-refractivity contribution in [2.45, 2.75) is 26.3 Å². The molecule has 0 saturated heterocycles. The minimum atomic E-state index is -0.0774. The second kappa shape index (κ2) is 5.14. The van der Waals surface area contributed by atoms with E-state index in [1.165, 1.54) is 6.33 Å². The summed E-state index contributed by atoms with van der Waals surface area (Å²) < 4.78 is 0. The van der Waals surface area contributed by atoms with Gasteiger partial charge in [-0.15, -0.1) is 0 Å². The van der Waals surface area contributed by atoms with Crippen molar-refractivity contribution in [3.63, 3.8) is 0 Å². The molecule has 2 aromatic rings. The fourth-order valence-electron chi connectivity index (χ4n) is 1.38. The van der Waals surface area contributed by atoms with Gasteiger partial charge in [0.15, 0.2) is 0 Å². The van der Waals surface area contributed by atoms with Crippen LogP contribution < -0.4 is 10.3 Å². The van der Waals surface area contributed by atoms with Crippen molar-refractivity contribution in [3.8, 4) is 16.9 Å². The zero-order valence-corrected chi connectivity index (χ0v) is 10.8. The lowest BCUT2D eigenvalue weighted by Gasteiger charge is -2.20. The Kier molecular flexibility index (Phi) is 3.58. The number of nitrogens with zero attached hydrogens (tertiary/aromatic N) is 2. The largest absolute Gasteiger partial charge is 0.408 e. The van der Waals surface area contributed by atoms with Gasteiger partial charge in [-0.1, -0.05) is 12.1 Å². The normalized spacial score (nSPS) is 11.3. The predicted molar refractivity (Wildman–Crippen MR) is 71.0 cm³/mol. The lowest BCUT2D eigenvalue weighted by atomic mass is 10.1. The molecule has 1 heterocycles. The number of rotatable bonds is 3. The van der Waals surface area contributed by atoms with Crippen LogP contribution >= 0.6 is 0 Å². The smallest absolute Gasteiger partial charge is 0.147 e. The SMILES string of the molecule is CC(C)(C)NOc1ccc(-c2cncnc2)cc1. The summed E-state index contributed by atoms with van der Waals surface area (Å²) in [5, 5.41) is 0. The molecule has 0 fully saturated rings. The molecule has 0 spiro atoms. The minimum Gasteiger partial charge on any atom is -0.408 e. The van der Waals surface area contributed by atoms with Crippen molar-refractivity contribution in [1.29, 1.82) is 0 Å². The van der Waals surface area contributed by atoms with Gasteiger partial charge in [0, 0.05) is 23.5 Å². The Morgan fingerprint density at radius 1 is 0.944 bits per heavy atom. The standard InChI is InChI=1S/C14H17N3O/c1-14(2,3)17-18-13-6-4-11(5-7-13)12-8-15-10-16-9-12/h4-10,17H,1-3H3.